The summed E-state index contributed by atoms with van der Waals surface area (Å²) in [7, 11) is 0. The van der Waals surface area contributed by atoms with E-state index in [1.54, 1.807) is 36.4 Å². The molecule has 1 aliphatic rings. The molecule has 0 saturated heterocycles. The minimum Gasteiger partial charge on any atom is -0.490 e. The first-order valence-corrected chi connectivity index (χ1v) is 10.2. The lowest BCUT2D eigenvalue weighted by Crippen LogP contribution is -2.07. The monoisotopic (exact) mass is 472 g/mol. The summed E-state index contributed by atoms with van der Waals surface area (Å²) in [5.74, 6) is 0.684. The van der Waals surface area contributed by atoms with E-state index in [0.29, 0.717) is 46.0 Å². The number of ether oxygens (including phenoxy) is 3. The molecule has 0 radical (unpaired) electrons. The first-order chi connectivity index (χ1) is 14.4. The van der Waals surface area contributed by atoms with Crippen molar-refractivity contribution in [2.45, 2.75) is 20.8 Å². The number of anilines is 1. The second-order valence-electron chi connectivity index (χ2n) is 6.29. The number of hydrogen-bond acceptors (Lipinski definition) is 6. The SMILES string of the molecule is CCOc1cc(/C=C2\N=C(c3ccc(NC(C)=O)cc3)OC2=O)cc(Br)c1OCC. The third-order valence-corrected chi connectivity index (χ3v) is 4.59. The molecule has 0 fully saturated rings. The Morgan fingerprint density at radius 1 is 1.17 bits per heavy atom. The van der Waals surface area contributed by atoms with Crippen LogP contribution in [0.5, 0.6) is 11.5 Å². The number of cyclic esters (lactones) is 1. The van der Waals surface area contributed by atoms with Crippen LogP contribution in [0, 0.1) is 0 Å². The van der Waals surface area contributed by atoms with Gasteiger partial charge >= 0.3 is 5.97 Å². The first kappa shape index (κ1) is 21.6. The number of aliphatic imine (C=N–C) groups is 1. The van der Waals surface area contributed by atoms with Crippen molar-refractivity contribution in [3.8, 4) is 11.5 Å². The second kappa shape index (κ2) is 9.58. The van der Waals surface area contributed by atoms with Crippen LogP contribution in [0.2, 0.25) is 0 Å². The Kier molecular flexibility index (Phi) is 6.89. The standard InChI is InChI=1S/C22H21BrN2O5/c1-4-28-19-12-14(10-17(23)20(19)29-5-2)11-18-22(27)30-21(25-18)15-6-8-16(9-7-15)24-13(3)26/h6-12H,4-5H2,1-3H3,(H,24,26)/b18-11-. The molecule has 1 heterocycles. The van der Waals surface area contributed by atoms with Crippen molar-refractivity contribution in [1.82, 2.24) is 0 Å². The van der Waals surface area contributed by atoms with E-state index in [9.17, 15) is 9.59 Å². The van der Waals surface area contributed by atoms with E-state index in [1.165, 1.54) is 6.92 Å². The number of amides is 1. The van der Waals surface area contributed by atoms with E-state index < -0.39 is 5.97 Å². The number of hydrogen-bond donors (Lipinski definition) is 1. The van der Waals surface area contributed by atoms with Crippen LogP contribution in [0.15, 0.2) is 51.6 Å². The van der Waals surface area contributed by atoms with Gasteiger partial charge in [-0.2, -0.15) is 0 Å². The minimum atomic E-state index is -0.543. The molecule has 1 amide bonds. The normalized spacial score (nSPS) is 14.3. The first-order valence-electron chi connectivity index (χ1n) is 9.41. The quantitative estimate of drug-likeness (QED) is 0.471. The summed E-state index contributed by atoms with van der Waals surface area (Å²) in [6.07, 6.45) is 1.63. The summed E-state index contributed by atoms with van der Waals surface area (Å²) in [6, 6.07) is 10.5. The number of halogens is 1. The largest absolute Gasteiger partial charge is 0.490 e. The number of esters is 1. The molecular formula is C22H21BrN2O5. The second-order valence-corrected chi connectivity index (χ2v) is 7.14. The molecule has 7 nitrogen and oxygen atoms in total. The van der Waals surface area contributed by atoms with Crippen LogP contribution in [-0.2, 0) is 14.3 Å². The molecule has 2 aromatic rings. The van der Waals surface area contributed by atoms with Gasteiger partial charge in [0.05, 0.1) is 17.7 Å². The van der Waals surface area contributed by atoms with Gasteiger partial charge in [-0.3, -0.25) is 4.79 Å². The van der Waals surface area contributed by atoms with Gasteiger partial charge in [-0.15, -0.1) is 0 Å². The molecule has 0 atom stereocenters. The molecule has 30 heavy (non-hydrogen) atoms. The number of nitrogens with one attached hydrogen (secondary N) is 1. The Bertz CT molecular complexity index is 1030. The lowest BCUT2D eigenvalue weighted by molar-refractivity contribution is -0.129. The van der Waals surface area contributed by atoms with Gasteiger partial charge in [-0.05, 0) is 77.8 Å². The van der Waals surface area contributed by atoms with E-state index in [4.69, 9.17) is 14.2 Å². The van der Waals surface area contributed by atoms with Crippen molar-refractivity contribution in [3.63, 3.8) is 0 Å². The van der Waals surface area contributed by atoms with Crippen LogP contribution in [-0.4, -0.2) is 31.0 Å². The molecule has 1 N–H and O–H groups in total. The summed E-state index contributed by atoms with van der Waals surface area (Å²) < 4.78 is 17.3. The molecule has 8 heteroatoms. The van der Waals surface area contributed by atoms with Crippen molar-refractivity contribution in [1.29, 1.82) is 0 Å². The summed E-state index contributed by atoms with van der Waals surface area (Å²) >= 11 is 3.49. The van der Waals surface area contributed by atoms with Gasteiger partial charge in [-0.1, -0.05) is 0 Å². The van der Waals surface area contributed by atoms with Gasteiger partial charge in [0.2, 0.25) is 11.8 Å². The van der Waals surface area contributed by atoms with Crippen LogP contribution in [0.4, 0.5) is 5.69 Å². The number of carbonyl (C=O) groups is 2. The van der Waals surface area contributed by atoms with E-state index >= 15 is 0 Å². The maximum absolute atomic E-state index is 12.3. The van der Waals surface area contributed by atoms with Crippen LogP contribution in [0.1, 0.15) is 31.9 Å². The highest BCUT2D eigenvalue weighted by molar-refractivity contribution is 9.10. The topological polar surface area (TPSA) is 86.2 Å². The summed E-state index contributed by atoms with van der Waals surface area (Å²) in [5.41, 5.74) is 2.17. The number of carbonyl (C=O) groups excluding carboxylic acids is 2. The minimum absolute atomic E-state index is 0.162. The number of benzene rings is 2. The molecule has 0 bridgehead atoms. The fourth-order valence-electron chi connectivity index (χ4n) is 2.81. The molecule has 0 unspecified atom stereocenters. The van der Waals surface area contributed by atoms with Crippen molar-refractivity contribution < 1.29 is 23.8 Å². The summed E-state index contributed by atoms with van der Waals surface area (Å²) in [5, 5.41) is 2.68. The number of nitrogens with zero attached hydrogens (tertiary/aromatic N) is 1. The Labute approximate surface area is 182 Å². The van der Waals surface area contributed by atoms with Crippen LogP contribution in [0.25, 0.3) is 6.08 Å². The molecule has 0 spiro atoms. The molecule has 1 aliphatic heterocycles. The van der Waals surface area contributed by atoms with E-state index in [0.717, 1.165) is 0 Å². The van der Waals surface area contributed by atoms with Gasteiger partial charge in [0.1, 0.15) is 0 Å². The molecule has 3 rings (SSSR count). The van der Waals surface area contributed by atoms with Crippen LogP contribution in [0.3, 0.4) is 0 Å². The van der Waals surface area contributed by atoms with Gasteiger partial charge in [-0.25, -0.2) is 9.79 Å². The lowest BCUT2D eigenvalue weighted by Gasteiger charge is -2.13. The average molecular weight is 473 g/mol. The Hall–Kier alpha value is -3.13. The lowest BCUT2D eigenvalue weighted by atomic mass is 10.1. The molecule has 0 aliphatic carbocycles. The van der Waals surface area contributed by atoms with Crippen molar-refractivity contribution in [2.75, 3.05) is 18.5 Å². The van der Waals surface area contributed by atoms with Crippen molar-refractivity contribution >= 4 is 45.5 Å². The smallest absolute Gasteiger partial charge is 0.363 e. The maximum Gasteiger partial charge on any atom is 0.363 e. The van der Waals surface area contributed by atoms with Gasteiger partial charge in [0.15, 0.2) is 17.2 Å². The molecule has 156 valence electrons. The zero-order valence-electron chi connectivity index (χ0n) is 16.8. The van der Waals surface area contributed by atoms with Gasteiger partial charge in [0, 0.05) is 18.2 Å². The predicted octanol–water partition coefficient (Wildman–Crippen LogP) is 4.55. The molecule has 0 saturated carbocycles. The number of rotatable bonds is 7. The van der Waals surface area contributed by atoms with Crippen LogP contribution < -0.4 is 14.8 Å². The predicted molar refractivity (Wildman–Crippen MR) is 118 cm³/mol. The highest BCUT2D eigenvalue weighted by atomic mass is 79.9. The van der Waals surface area contributed by atoms with Crippen molar-refractivity contribution in [3.05, 3.63) is 57.7 Å². The van der Waals surface area contributed by atoms with E-state index in [2.05, 4.69) is 26.2 Å². The summed E-state index contributed by atoms with van der Waals surface area (Å²) in [6.45, 7) is 6.19. The highest BCUT2D eigenvalue weighted by Gasteiger charge is 2.24. The molecule has 0 aromatic heterocycles. The average Bonchev–Trinajstić information content (AvgIpc) is 3.05. The Morgan fingerprint density at radius 3 is 2.50 bits per heavy atom. The zero-order chi connectivity index (χ0) is 21.7. The summed E-state index contributed by atoms with van der Waals surface area (Å²) in [4.78, 5) is 27.8. The van der Waals surface area contributed by atoms with Gasteiger partial charge in [0.25, 0.3) is 0 Å². The van der Waals surface area contributed by atoms with E-state index in [-0.39, 0.29) is 17.5 Å². The van der Waals surface area contributed by atoms with Crippen LogP contribution >= 0.6 is 15.9 Å². The third-order valence-electron chi connectivity index (χ3n) is 4.00. The molecular weight excluding hydrogens is 452 g/mol. The third kappa shape index (κ3) is 5.07. The zero-order valence-corrected chi connectivity index (χ0v) is 18.4. The van der Waals surface area contributed by atoms with Crippen molar-refractivity contribution in [2.24, 2.45) is 4.99 Å². The fraction of sp³-hybridized carbons (Fsp3) is 0.227. The molecule has 2 aromatic carbocycles. The maximum atomic E-state index is 12.3. The fourth-order valence-corrected chi connectivity index (χ4v) is 3.38. The highest BCUT2D eigenvalue weighted by Crippen LogP contribution is 2.37. The van der Waals surface area contributed by atoms with Gasteiger partial charge < -0.3 is 19.5 Å². The Morgan fingerprint density at radius 2 is 1.87 bits per heavy atom. The van der Waals surface area contributed by atoms with E-state index in [1.807, 2.05) is 19.9 Å². The Balaban J connectivity index is 1.89.